The number of aliphatic carboxylic acids is 1. The summed E-state index contributed by atoms with van der Waals surface area (Å²) < 4.78 is 48.2. The van der Waals surface area contributed by atoms with E-state index in [1.54, 1.807) is 12.1 Å². The number of nitrogens with two attached hydrogens (primary N) is 1. The van der Waals surface area contributed by atoms with Crippen molar-refractivity contribution in [3.8, 4) is 17.0 Å². The minimum Gasteiger partial charge on any atom is -0.480 e. The number of hydrogen-bond donors (Lipinski definition) is 5. The molecule has 42 heavy (non-hydrogen) atoms. The number of anilines is 4. The van der Waals surface area contributed by atoms with Crippen molar-refractivity contribution < 1.29 is 27.8 Å². The van der Waals surface area contributed by atoms with Crippen LogP contribution in [0.3, 0.4) is 0 Å². The van der Waals surface area contributed by atoms with E-state index in [2.05, 4.69) is 25.9 Å². The molecule has 2 atom stereocenters. The molecule has 3 aliphatic heterocycles. The SMILES string of the molecule is Nc1nc(OC(c2ccc(-c3ccc4c(c3)NCCN4)cc2)C(F)(F)F)cc(N2CCC3(CC2)CN[C@H](C(=O)O)C3)n1. The first-order valence-corrected chi connectivity index (χ1v) is 13.9. The predicted molar refractivity (Wildman–Crippen MR) is 153 cm³/mol. The summed E-state index contributed by atoms with van der Waals surface area (Å²) in [6, 6.07) is 12.8. The van der Waals surface area contributed by atoms with Gasteiger partial charge in [0.05, 0.1) is 11.4 Å². The third-order valence-corrected chi connectivity index (χ3v) is 8.37. The summed E-state index contributed by atoms with van der Waals surface area (Å²) >= 11 is 0. The van der Waals surface area contributed by atoms with Crippen LogP contribution in [0.4, 0.5) is 36.3 Å². The number of halogens is 3. The van der Waals surface area contributed by atoms with Gasteiger partial charge in [-0.15, -0.1) is 0 Å². The number of nitrogens with zero attached hydrogens (tertiary/aromatic N) is 3. The Bertz CT molecular complexity index is 1460. The number of nitrogen functional groups attached to an aromatic ring is 1. The van der Waals surface area contributed by atoms with Crippen molar-refractivity contribution in [2.24, 2.45) is 5.41 Å². The van der Waals surface area contributed by atoms with Crippen LogP contribution in [0.15, 0.2) is 48.5 Å². The van der Waals surface area contributed by atoms with Gasteiger partial charge in [-0.1, -0.05) is 30.3 Å². The van der Waals surface area contributed by atoms with E-state index in [0.717, 1.165) is 48.4 Å². The molecule has 1 unspecified atom stereocenters. The normalized spacial score (nSPS) is 20.4. The van der Waals surface area contributed by atoms with Crippen molar-refractivity contribution >= 4 is 29.1 Å². The highest BCUT2D eigenvalue weighted by Gasteiger charge is 2.45. The number of rotatable bonds is 6. The van der Waals surface area contributed by atoms with Gasteiger partial charge < -0.3 is 36.4 Å². The molecule has 6 N–H and O–H groups in total. The average Bonchev–Trinajstić information content (AvgIpc) is 3.39. The summed E-state index contributed by atoms with van der Waals surface area (Å²) in [5, 5.41) is 19.0. The molecule has 0 aliphatic carbocycles. The first-order chi connectivity index (χ1) is 20.1. The van der Waals surface area contributed by atoms with Gasteiger partial charge in [-0.3, -0.25) is 4.79 Å². The van der Waals surface area contributed by atoms with Gasteiger partial charge in [0.1, 0.15) is 11.9 Å². The maximum absolute atomic E-state index is 14.2. The topological polar surface area (TPSA) is 138 Å². The standard InChI is InChI=1S/C29H32F3N7O3/c30-29(31,32)25(18-3-1-17(2-4-18)19-5-6-20-21(13-19)35-10-9-34-20)42-24-14-23(37-27(33)38-24)39-11-7-28(8-12-39)15-22(26(40)41)36-16-28/h1-6,13-14,22,25,34-36H,7-12,15-16H2,(H,40,41)(H2,33,37,38)/t22-,25?/m0/s1. The first-order valence-electron chi connectivity index (χ1n) is 13.9. The van der Waals surface area contributed by atoms with Crippen LogP contribution >= 0.6 is 0 Å². The van der Waals surface area contributed by atoms with Crippen molar-refractivity contribution in [3.63, 3.8) is 0 Å². The van der Waals surface area contributed by atoms with Gasteiger partial charge >= 0.3 is 12.1 Å². The molecule has 1 aromatic heterocycles. The number of hydrogen-bond acceptors (Lipinski definition) is 9. The van der Waals surface area contributed by atoms with Gasteiger partial charge in [0.15, 0.2) is 0 Å². The minimum absolute atomic E-state index is 0.0654. The third-order valence-electron chi connectivity index (χ3n) is 8.37. The molecule has 0 radical (unpaired) electrons. The van der Waals surface area contributed by atoms with E-state index in [4.69, 9.17) is 10.5 Å². The van der Waals surface area contributed by atoms with Gasteiger partial charge in [0.25, 0.3) is 0 Å². The number of benzene rings is 2. The van der Waals surface area contributed by atoms with E-state index in [9.17, 15) is 23.1 Å². The Labute approximate surface area is 240 Å². The number of nitrogens with one attached hydrogen (secondary N) is 3. The van der Waals surface area contributed by atoms with Crippen molar-refractivity contribution in [1.29, 1.82) is 0 Å². The Balaban J connectivity index is 1.18. The van der Waals surface area contributed by atoms with Crippen molar-refractivity contribution in [3.05, 3.63) is 54.1 Å². The summed E-state index contributed by atoms with van der Waals surface area (Å²) in [5.41, 5.74) is 9.29. The summed E-state index contributed by atoms with van der Waals surface area (Å²) in [5.74, 6) is -0.948. The van der Waals surface area contributed by atoms with Crippen molar-refractivity contribution in [2.45, 2.75) is 37.6 Å². The molecule has 6 rings (SSSR count). The molecule has 13 heteroatoms. The molecule has 222 valence electrons. The fourth-order valence-corrected chi connectivity index (χ4v) is 6.05. The highest BCUT2D eigenvalue weighted by atomic mass is 19.4. The van der Waals surface area contributed by atoms with Crippen LogP contribution in [0.1, 0.15) is 30.9 Å². The summed E-state index contributed by atoms with van der Waals surface area (Å²) in [7, 11) is 0. The molecule has 10 nitrogen and oxygen atoms in total. The lowest BCUT2D eigenvalue weighted by atomic mass is 9.76. The third kappa shape index (κ3) is 5.73. The number of carboxylic acid groups (broad SMARTS) is 1. The number of carbonyl (C=O) groups is 1. The van der Waals surface area contributed by atoms with E-state index in [1.807, 2.05) is 23.1 Å². The fraction of sp³-hybridized carbons (Fsp3) is 0.414. The molecule has 2 saturated heterocycles. The van der Waals surface area contributed by atoms with E-state index in [1.165, 1.54) is 18.2 Å². The van der Waals surface area contributed by atoms with Gasteiger partial charge in [-0.2, -0.15) is 23.1 Å². The van der Waals surface area contributed by atoms with Crippen molar-refractivity contribution in [2.75, 3.05) is 54.0 Å². The molecular formula is C29H32F3N7O3. The van der Waals surface area contributed by atoms with E-state index < -0.39 is 24.3 Å². The molecule has 3 aliphatic rings. The minimum atomic E-state index is -4.71. The molecule has 0 saturated carbocycles. The van der Waals surface area contributed by atoms with E-state index in [0.29, 0.717) is 31.9 Å². The largest absolute Gasteiger partial charge is 0.480 e. The Morgan fingerprint density at radius 3 is 2.38 bits per heavy atom. The molecule has 2 aromatic carbocycles. The van der Waals surface area contributed by atoms with Gasteiger partial charge in [0.2, 0.25) is 17.9 Å². The lowest BCUT2D eigenvalue weighted by molar-refractivity contribution is -0.198. The van der Waals surface area contributed by atoms with Crippen LogP contribution in [0, 0.1) is 5.41 Å². The number of alkyl halides is 3. The second-order valence-electron chi connectivity index (χ2n) is 11.2. The monoisotopic (exact) mass is 583 g/mol. The van der Waals surface area contributed by atoms with Crippen LogP contribution in [0.25, 0.3) is 11.1 Å². The van der Waals surface area contributed by atoms with Crippen LogP contribution < -0.4 is 31.3 Å². The van der Waals surface area contributed by atoms with Crippen LogP contribution in [0.5, 0.6) is 5.88 Å². The molecule has 0 bridgehead atoms. The van der Waals surface area contributed by atoms with E-state index >= 15 is 0 Å². The molecular weight excluding hydrogens is 551 g/mol. The molecule has 2 fully saturated rings. The zero-order chi connectivity index (χ0) is 29.5. The molecule has 3 aromatic rings. The second-order valence-corrected chi connectivity index (χ2v) is 11.2. The smallest absolute Gasteiger partial charge is 0.429 e. The lowest BCUT2D eigenvalue weighted by Crippen LogP contribution is -2.41. The van der Waals surface area contributed by atoms with Gasteiger partial charge in [0, 0.05) is 44.4 Å². The zero-order valence-electron chi connectivity index (χ0n) is 22.7. The molecule has 1 spiro atoms. The maximum Gasteiger partial charge on any atom is 0.429 e. The number of aromatic nitrogens is 2. The summed E-state index contributed by atoms with van der Waals surface area (Å²) in [6.45, 7) is 3.35. The van der Waals surface area contributed by atoms with Gasteiger partial charge in [-0.25, -0.2) is 0 Å². The Morgan fingerprint density at radius 2 is 1.71 bits per heavy atom. The maximum atomic E-state index is 14.2. The van der Waals surface area contributed by atoms with Crippen molar-refractivity contribution in [1.82, 2.24) is 15.3 Å². The number of piperidine rings is 1. The van der Waals surface area contributed by atoms with Crippen LogP contribution in [0.2, 0.25) is 0 Å². The second kappa shape index (κ2) is 10.9. The number of carboxylic acids is 1. The van der Waals surface area contributed by atoms with E-state index in [-0.39, 0.29) is 22.8 Å². The fourth-order valence-electron chi connectivity index (χ4n) is 6.05. The molecule has 4 heterocycles. The quantitative estimate of drug-likeness (QED) is 0.286. The van der Waals surface area contributed by atoms with Crippen LogP contribution in [-0.2, 0) is 4.79 Å². The molecule has 0 amide bonds. The Kier molecular flexibility index (Phi) is 7.21. The highest BCUT2D eigenvalue weighted by molar-refractivity contribution is 5.78. The Morgan fingerprint density at radius 1 is 1.02 bits per heavy atom. The lowest BCUT2D eigenvalue weighted by Gasteiger charge is -2.39. The first kappa shape index (κ1) is 27.9. The number of ether oxygens (including phenoxy) is 1. The summed E-state index contributed by atoms with van der Waals surface area (Å²) in [6.07, 6.45) is -4.99. The highest BCUT2D eigenvalue weighted by Crippen LogP contribution is 2.42. The predicted octanol–water partition coefficient (Wildman–Crippen LogP) is 4.28. The van der Waals surface area contributed by atoms with Crippen LogP contribution in [-0.4, -0.2) is 66.0 Å². The Hall–Kier alpha value is -4.26. The number of fused-ring (bicyclic) bond motifs is 1. The average molecular weight is 584 g/mol. The zero-order valence-corrected chi connectivity index (χ0v) is 22.7. The summed E-state index contributed by atoms with van der Waals surface area (Å²) in [4.78, 5) is 21.5. The van der Waals surface area contributed by atoms with Gasteiger partial charge in [-0.05, 0) is 47.9 Å².